The fourth-order valence-electron chi connectivity index (χ4n) is 3.99. The molecule has 4 atom stereocenters. The van der Waals surface area contributed by atoms with Gasteiger partial charge in [0.1, 0.15) is 23.9 Å². The number of hydrogen-bond acceptors (Lipinski definition) is 8. The van der Waals surface area contributed by atoms with Gasteiger partial charge in [0.05, 0.1) is 6.04 Å². The molecule has 37 heavy (non-hydrogen) atoms. The van der Waals surface area contributed by atoms with E-state index in [1.165, 1.54) is 17.0 Å². The molecule has 3 amide bonds. The molecule has 2 rings (SSSR count). The van der Waals surface area contributed by atoms with Crippen LogP contribution in [0.1, 0.15) is 31.2 Å². The Bertz CT molecular complexity index is 986. The number of carbonyl (C=O) groups is 4. The quantitative estimate of drug-likeness (QED) is 0.0619. The highest BCUT2D eigenvalue weighted by molar-refractivity contribution is 7.80. The molecule has 1 saturated heterocycles. The van der Waals surface area contributed by atoms with Crippen LogP contribution in [0.15, 0.2) is 29.3 Å². The zero-order valence-corrected chi connectivity index (χ0v) is 21.3. The minimum atomic E-state index is -1.26. The zero-order valence-electron chi connectivity index (χ0n) is 20.4. The number of likely N-dealkylation sites (tertiary alicyclic amines) is 1. The minimum Gasteiger partial charge on any atom is -0.508 e. The van der Waals surface area contributed by atoms with Crippen LogP contribution in [0.5, 0.6) is 5.75 Å². The molecule has 1 fully saturated rings. The van der Waals surface area contributed by atoms with Gasteiger partial charge in [-0.25, -0.2) is 4.79 Å². The standard InChI is InChI=1S/C23H35N7O6S/c24-15(11-13-5-7-14(31)8-6-13)21(34)30-10-2-4-18(30)20(33)28-16(3-1-9-27-23(25)26)19(32)29-17(12-37)22(35)36/h5-8,15-18,31,37H,1-4,9-12,24H2,(H,28,33)(H,29,32)(H,35,36)(H4,25,26,27). The highest BCUT2D eigenvalue weighted by Gasteiger charge is 2.37. The number of carbonyl (C=O) groups excluding carboxylic acids is 3. The molecule has 0 aliphatic carbocycles. The molecule has 0 bridgehead atoms. The van der Waals surface area contributed by atoms with Gasteiger partial charge in [0.15, 0.2) is 5.96 Å². The molecule has 1 aliphatic heterocycles. The Balaban J connectivity index is 2.08. The third kappa shape index (κ3) is 9.13. The SMILES string of the molecule is NC(N)=NCCCC(NC(=O)C1CCCN1C(=O)C(N)Cc1ccc(O)cc1)C(=O)NC(CS)C(=O)O. The first-order valence-electron chi connectivity index (χ1n) is 11.9. The third-order valence-electron chi connectivity index (χ3n) is 5.92. The summed E-state index contributed by atoms with van der Waals surface area (Å²) in [6, 6.07) is 2.28. The highest BCUT2D eigenvalue weighted by atomic mass is 32.1. The number of benzene rings is 1. The van der Waals surface area contributed by atoms with Crippen molar-refractivity contribution in [1.29, 1.82) is 0 Å². The number of guanidine groups is 1. The van der Waals surface area contributed by atoms with Gasteiger partial charge in [-0.3, -0.25) is 19.4 Å². The van der Waals surface area contributed by atoms with Gasteiger partial charge >= 0.3 is 5.97 Å². The van der Waals surface area contributed by atoms with Crippen molar-refractivity contribution in [1.82, 2.24) is 15.5 Å². The molecule has 10 N–H and O–H groups in total. The Morgan fingerprint density at radius 3 is 2.41 bits per heavy atom. The molecule has 1 aromatic carbocycles. The van der Waals surface area contributed by atoms with Crippen molar-refractivity contribution in [2.24, 2.45) is 22.2 Å². The van der Waals surface area contributed by atoms with Crippen LogP contribution in [-0.4, -0.2) is 87.8 Å². The third-order valence-corrected chi connectivity index (χ3v) is 6.29. The summed E-state index contributed by atoms with van der Waals surface area (Å²) in [4.78, 5) is 55.6. The van der Waals surface area contributed by atoms with Crippen LogP contribution in [0.2, 0.25) is 0 Å². The number of nitrogens with zero attached hydrogens (tertiary/aromatic N) is 2. The topological polar surface area (TPSA) is 226 Å². The summed E-state index contributed by atoms with van der Waals surface area (Å²) in [5.41, 5.74) is 17.5. The van der Waals surface area contributed by atoms with E-state index in [0.717, 1.165) is 5.56 Å². The lowest BCUT2D eigenvalue weighted by atomic mass is 10.0. The first-order chi connectivity index (χ1) is 17.5. The fraction of sp³-hybridized carbons (Fsp3) is 0.522. The normalized spacial score (nSPS) is 17.4. The number of nitrogens with one attached hydrogen (secondary N) is 2. The number of carboxylic acids is 1. The highest BCUT2D eigenvalue weighted by Crippen LogP contribution is 2.20. The Labute approximate surface area is 220 Å². The summed E-state index contributed by atoms with van der Waals surface area (Å²) in [7, 11) is 0. The van der Waals surface area contributed by atoms with E-state index < -0.39 is 47.9 Å². The lowest BCUT2D eigenvalue weighted by molar-refractivity contribution is -0.142. The number of rotatable bonds is 13. The van der Waals surface area contributed by atoms with Crippen molar-refractivity contribution in [3.05, 3.63) is 29.8 Å². The first-order valence-corrected chi connectivity index (χ1v) is 12.5. The van der Waals surface area contributed by atoms with Gasteiger partial charge < -0.3 is 42.9 Å². The van der Waals surface area contributed by atoms with E-state index in [2.05, 4.69) is 28.3 Å². The molecule has 1 aromatic rings. The monoisotopic (exact) mass is 537 g/mol. The maximum atomic E-state index is 13.2. The Morgan fingerprint density at radius 1 is 1.14 bits per heavy atom. The molecule has 204 valence electrons. The molecule has 1 heterocycles. The van der Waals surface area contributed by atoms with Crippen LogP contribution in [0.4, 0.5) is 0 Å². The summed E-state index contributed by atoms with van der Waals surface area (Å²) in [6.07, 6.45) is 1.66. The van der Waals surface area contributed by atoms with Gasteiger partial charge in [-0.2, -0.15) is 12.6 Å². The second kappa shape index (κ2) is 14.3. The second-order valence-corrected chi connectivity index (χ2v) is 9.12. The zero-order chi connectivity index (χ0) is 27.5. The number of carboxylic acid groups (broad SMARTS) is 1. The van der Waals surface area contributed by atoms with Gasteiger partial charge in [0.25, 0.3) is 0 Å². The van der Waals surface area contributed by atoms with E-state index in [-0.39, 0.29) is 36.8 Å². The predicted molar refractivity (Wildman–Crippen MR) is 140 cm³/mol. The number of hydrogen-bond donors (Lipinski definition) is 8. The number of phenols is 1. The lowest BCUT2D eigenvalue weighted by Gasteiger charge is -2.28. The number of phenolic OH excluding ortho intramolecular Hbond substituents is 1. The van der Waals surface area contributed by atoms with Crippen LogP contribution in [0.25, 0.3) is 0 Å². The number of amides is 3. The van der Waals surface area contributed by atoms with Gasteiger partial charge in [-0.15, -0.1) is 0 Å². The summed E-state index contributed by atoms with van der Waals surface area (Å²) in [5.74, 6) is -3.05. The number of nitrogens with two attached hydrogens (primary N) is 3. The Morgan fingerprint density at radius 2 is 1.81 bits per heavy atom. The molecule has 14 heteroatoms. The van der Waals surface area contributed by atoms with Gasteiger partial charge in [0, 0.05) is 18.8 Å². The number of thiol groups is 1. The molecule has 4 unspecified atom stereocenters. The Hall–Kier alpha value is -3.52. The van der Waals surface area contributed by atoms with Crippen LogP contribution in [0, 0.1) is 0 Å². The number of aliphatic imine (C=N–C) groups is 1. The van der Waals surface area contributed by atoms with Crippen LogP contribution >= 0.6 is 12.6 Å². The lowest BCUT2D eigenvalue weighted by Crippen LogP contribution is -2.57. The van der Waals surface area contributed by atoms with Crippen molar-refractivity contribution in [3.63, 3.8) is 0 Å². The smallest absolute Gasteiger partial charge is 0.327 e. The molecule has 0 spiro atoms. The van der Waals surface area contributed by atoms with Crippen LogP contribution < -0.4 is 27.8 Å². The van der Waals surface area contributed by atoms with E-state index in [4.69, 9.17) is 17.2 Å². The summed E-state index contributed by atoms with van der Waals surface area (Å²) in [6.45, 7) is 0.541. The van der Waals surface area contributed by atoms with E-state index >= 15 is 0 Å². The van der Waals surface area contributed by atoms with Gasteiger partial charge in [-0.05, 0) is 49.8 Å². The average molecular weight is 538 g/mol. The number of aromatic hydroxyl groups is 1. The minimum absolute atomic E-state index is 0.0980. The molecule has 0 aromatic heterocycles. The van der Waals surface area contributed by atoms with Gasteiger partial charge in [0.2, 0.25) is 17.7 Å². The van der Waals surface area contributed by atoms with Crippen molar-refractivity contribution in [2.75, 3.05) is 18.8 Å². The van der Waals surface area contributed by atoms with E-state index in [1.807, 2.05) is 0 Å². The molecule has 13 nitrogen and oxygen atoms in total. The Kier molecular flexibility index (Phi) is 11.5. The van der Waals surface area contributed by atoms with E-state index in [9.17, 15) is 29.4 Å². The van der Waals surface area contributed by atoms with Crippen molar-refractivity contribution >= 4 is 42.3 Å². The van der Waals surface area contributed by atoms with E-state index in [0.29, 0.717) is 25.8 Å². The summed E-state index contributed by atoms with van der Waals surface area (Å²) >= 11 is 3.94. The maximum absolute atomic E-state index is 13.2. The first kappa shape index (κ1) is 29.7. The summed E-state index contributed by atoms with van der Waals surface area (Å²) in [5, 5.41) is 23.7. The predicted octanol–water partition coefficient (Wildman–Crippen LogP) is -1.71. The molecule has 1 aliphatic rings. The number of aliphatic carboxylic acids is 1. The molecular formula is C23H35N7O6S. The fourth-order valence-corrected chi connectivity index (χ4v) is 4.23. The van der Waals surface area contributed by atoms with Crippen molar-refractivity contribution in [3.8, 4) is 5.75 Å². The molecule has 0 saturated carbocycles. The van der Waals surface area contributed by atoms with Gasteiger partial charge in [-0.1, -0.05) is 12.1 Å². The van der Waals surface area contributed by atoms with Crippen molar-refractivity contribution < 1.29 is 29.4 Å². The molecule has 0 radical (unpaired) electrons. The van der Waals surface area contributed by atoms with E-state index in [1.54, 1.807) is 12.1 Å². The molecular weight excluding hydrogens is 502 g/mol. The van der Waals surface area contributed by atoms with Crippen molar-refractivity contribution in [2.45, 2.75) is 56.3 Å². The second-order valence-electron chi connectivity index (χ2n) is 8.76. The van der Waals surface area contributed by atoms with Crippen LogP contribution in [-0.2, 0) is 25.6 Å². The average Bonchev–Trinajstić information content (AvgIpc) is 3.34. The maximum Gasteiger partial charge on any atom is 0.327 e. The summed E-state index contributed by atoms with van der Waals surface area (Å²) < 4.78 is 0. The van der Waals surface area contributed by atoms with Crippen LogP contribution in [0.3, 0.4) is 0 Å². The largest absolute Gasteiger partial charge is 0.508 e.